The Kier molecular flexibility index (Phi) is 5.73. The molecule has 144 valence electrons. The van der Waals surface area contributed by atoms with Crippen LogP contribution in [0.3, 0.4) is 0 Å². The molecular weight excluding hydrogens is 344 g/mol. The molecule has 3 heterocycles. The molecule has 2 N–H and O–H groups in total. The lowest BCUT2D eigenvalue weighted by Gasteiger charge is -2.09. The number of hydrogen-bond acceptors (Lipinski definition) is 5. The lowest BCUT2D eigenvalue weighted by Crippen LogP contribution is -2.40. The van der Waals surface area contributed by atoms with E-state index in [0.717, 1.165) is 30.8 Å². The first-order valence-electron chi connectivity index (χ1n) is 9.54. The molecule has 0 radical (unpaired) electrons. The molecule has 0 atom stereocenters. The molecule has 0 saturated carbocycles. The molecule has 8 heteroatoms. The van der Waals surface area contributed by atoms with Gasteiger partial charge in [-0.2, -0.15) is 0 Å². The highest BCUT2D eigenvalue weighted by atomic mass is 16.2. The standard InChI is InChI=1S/C19H26N6O2/c1-4-9-20-14-8-7-13(12-21-14)16-22-15-17(23-16)24(10-5-2)19(27)25(11-6-3)18(15)26/h7-8,12H,4-6,9-11H2,1-3H3,(H,20,21)(H,22,23). The van der Waals surface area contributed by atoms with E-state index in [2.05, 4.69) is 27.2 Å². The van der Waals surface area contributed by atoms with E-state index in [1.165, 1.54) is 4.57 Å². The van der Waals surface area contributed by atoms with Gasteiger partial charge in [-0.1, -0.05) is 20.8 Å². The zero-order valence-electron chi connectivity index (χ0n) is 16.1. The van der Waals surface area contributed by atoms with Gasteiger partial charge < -0.3 is 10.3 Å². The van der Waals surface area contributed by atoms with Crippen LogP contribution < -0.4 is 16.6 Å². The van der Waals surface area contributed by atoms with Crippen molar-refractivity contribution in [3.05, 3.63) is 39.2 Å². The van der Waals surface area contributed by atoms with Crippen molar-refractivity contribution >= 4 is 17.0 Å². The highest BCUT2D eigenvalue weighted by Crippen LogP contribution is 2.19. The van der Waals surface area contributed by atoms with Gasteiger partial charge in [-0.3, -0.25) is 13.9 Å². The lowest BCUT2D eigenvalue weighted by atomic mass is 10.2. The third-order valence-corrected chi connectivity index (χ3v) is 4.35. The zero-order valence-corrected chi connectivity index (χ0v) is 16.1. The van der Waals surface area contributed by atoms with Crippen LogP contribution in [0.15, 0.2) is 27.9 Å². The molecule has 0 aromatic carbocycles. The smallest absolute Gasteiger partial charge is 0.332 e. The van der Waals surface area contributed by atoms with E-state index < -0.39 is 0 Å². The normalized spacial score (nSPS) is 11.2. The second-order valence-corrected chi connectivity index (χ2v) is 6.53. The van der Waals surface area contributed by atoms with E-state index in [1.807, 2.05) is 26.0 Å². The summed E-state index contributed by atoms with van der Waals surface area (Å²) in [6.45, 7) is 7.80. The number of aromatic nitrogens is 5. The van der Waals surface area contributed by atoms with E-state index in [-0.39, 0.29) is 11.2 Å². The van der Waals surface area contributed by atoms with Gasteiger partial charge in [0.2, 0.25) is 0 Å². The Morgan fingerprint density at radius 2 is 1.78 bits per heavy atom. The number of rotatable bonds is 8. The predicted molar refractivity (Wildman–Crippen MR) is 107 cm³/mol. The van der Waals surface area contributed by atoms with Gasteiger partial charge in [0.05, 0.1) is 0 Å². The van der Waals surface area contributed by atoms with E-state index in [4.69, 9.17) is 0 Å². The molecule has 0 spiro atoms. The Balaban J connectivity index is 2.11. The molecule has 0 aliphatic carbocycles. The van der Waals surface area contributed by atoms with Gasteiger partial charge in [-0.25, -0.2) is 14.8 Å². The van der Waals surface area contributed by atoms with Crippen molar-refractivity contribution in [2.24, 2.45) is 0 Å². The summed E-state index contributed by atoms with van der Waals surface area (Å²) in [4.78, 5) is 37.5. The molecule has 27 heavy (non-hydrogen) atoms. The van der Waals surface area contributed by atoms with Crippen molar-refractivity contribution < 1.29 is 0 Å². The highest BCUT2D eigenvalue weighted by molar-refractivity contribution is 5.75. The SMILES string of the molecule is CCCNc1ccc(-c2nc3c([nH]2)c(=O)n(CCC)c(=O)n3CCC)cn1. The fourth-order valence-electron chi connectivity index (χ4n) is 3.04. The lowest BCUT2D eigenvalue weighted by molar-refractivity contribution is 0.555. The van der Waals surface area contributed by atoms with E-state index in [1.54, 1.807) is 10.8 Å². The summed E-state index contributed by atoms with van der Waals surface area (Å²) in [6, 6.07) is 3.78. The van der Waals surface area contributed by atoms with Gasteiger partial charge in [-0.05, 0) is 31.4 Å². The fourth-order valence-corrected chi connectivity index (χ4v) is 3.04. The van der Waals surface area contributed by atoms with Crippen LogP contribution in [-0.4, -0.2) is 30.6 Å². The summed E-state index contributed by atoms with van der Waals surface area (Å²) in [7, 11) is 0. The summed E-state index contributed by atoms with van der Waals surface area (Å²) in [5, 5.41) is 3.22. The van der Waals surface area contributed by atoms with Crippen molar-refractivity contribution in [3.8, 4) is 11.4 Å². The molecule has 3 aromatic rings. The molecule has 0 aliphatic heterocycles. The largest absolute Gasteiger partial charge is 0.370 e. The highest BCUT2D eigenvalue weighted by Gasteiger charge is 2.17. The molecule has 0 amide bonds. The number of hydrogen-bond donors (Lipinski definition) is 2. The van der Waals surface area contributed by atoms with Gasteiger partial charge >= 0.3 is 5.69 Å². The van der Waals surface area contributed by atoms with Crippen molar-refractivity contribution in [1.82, 2.24) is 24.1 Å². The third kappa shape index (κ3) is 3.65. The Morgan fingerprint density at radius 3 is 2.41 bits per heavy atom. The van der Waals surface area contributed by atoms with Crippen molar-refractivity contribution in [1.29, 1.82) is 0 Å². The number of anilines is 1. The van der Waals surface area contributed by atoms with Gasteiger partial charge in [-0.15, -0.1) is 0 Å². The minimum atomic E-state index is -0.322. The number of imidazole rings is 1. The summed E-state index contributed by atoms with van der Waals surface area (Å²) < 4.78 is 2.87. The van der Waals surface area contributed by atoms with Crippen LogP contribution in [0.4, 0.5) is 5.82 Å². The van der Waals surface area contributed by atoms with Crippen LogP contribution in [0, 0.1) is 0 Å². The minimum absolute atomic E-state index is 0.300. The Labute approximate surface area is 157 Å². The monoisotopic (exact) mass is 370 g/mol. The number of aromatic amines is 1. The van der Waals surface area contributed by atoms with Crippen LogP contribution in [0.5, 0.6) is 0 Å². The van der Waals surface area contributed by atoms with Crippen LogP contribution in [0.1, 0.15) is 40.0 Å². The number of nitrogens with one attached hydrogen (secondary N) is 2. The number of fused-ring (bicyclic) bond motifs is 1. The van der Waals surface area contributed by atoms with Crippen LogP contribution >= 0.6 is 0 Å². The van der Waals surface area contributed by atoms with Crippen LogP contribution in [0.2, 0.25) is 0 Å². The second-order valence-electron chi connectivity index (χ2n) is 6.53. The average Bonchev–Trinajstić information content (AvgIpc) is 3.13. The minimum Gasteiger partial charge on any atom is -0.370 e. The topological polar surface area (TPSA) is 97.6 Å². The van der Waals surface area contributed by atoms with E-state index in [9.17, 15) is 9.59 Å². The summed E-state index contributed by atoms with van der Waals surface area (Å²) in [6.07, 6.45) is 4.22. The number of aryl methyl sites for hydroxylation is 1. The number of pyridine rings is 1. The molecule has 0 saturated heterocycles. The van der Waals surface area contributed by atoms with Crippen LogP contribution in [-0.2, 0) is 13.1 Å². The molecule has 0 aliphatic rings. The van der Waals surface area contributed by atoms with Crippen molar-refractivity contribution in [2.45, 2.75) is 53.1 Å². The number of H-pyrrole nitrogens is 1. The first-order valence-corrected chi connectivity index (χ1v) is 9.54. The molecule has 0 bridgehead atoms. The molecule has 3 aromatic heterocycles. The van der Waals surface area contributed by atoms with E-state index in [0.29, 0.717) is 36.5 Å². The summed E-state index contributed by atoms with van der Waals surface area (Å²) in [5.41, 5.74) is 0.913. The van der Waals surface area contributed by atoms with Crippen molar-refractivity contribution in [3.63, 3.8) is 0 Å². The first kappa shape index (κ1) is 18.9. The molecule has 0 unspecified atom stereocenters. The predicted octanol–water partition coefficient (Wildman–Crippen LogP) is 2.59. The Morgan fingerprint density at radius 1 is 1.04 bits per heavy atom. The second kappa shape index (κ2) is 8.20. The molecule has 0 fully saturated rings. The quantitative estimate of drug-likeness (QED) is 0.635. The van der Waals surface area contributed by atoms with Crippen molar-refractivity contribution in [2.75, 3.05) is 11.9 Å². The zero-order chi connectivity index (χ0) is 19.4. The van der Waals surface area contributed by atoms with Gasteiger partial charge in [0.15, 0.2) is 5.65 Å². The third-order valence-electron chi connectivity index (χ3n) is 4.35. The van der Waals surface area contributed by atoms with Gasteiger partial charge in [0.25, 0.3) is 5.56 Å². The first-order chi connectivity index (χ1) is 13.1. The molecule has 8 nitrogen and oxygen atoms in total. The summed E-state index contributed by atoms with van der Waals surface area (Å²) in [5.74, 6) is 1.33. The Bertz CT molecular complexity index is 1030. The summed E-state index contributed by atoms with van der Waals surface area (Å²) >= 11 is 0. The average molecular weight is 370 g/mol. The van der Waals surface area contributed by atoms with Gasteiger partial charge in [0, 0.05) is 31.4 Å². The molecule has 3 rings (SSSR count). The van der Waals surface area contributed by atoms with Gasteiger partial charge in [0.1, 0.15) is 17.2 Å². The fraction of sp³-hybridized carbons (Fsp3) is 0.474. The maximum absolute atomic E-state index is 12.8. The number of nitrogens with zero attached hydrogens (tertiary/aromatic N) is 4. The van der Waals surface area contributed by atoms with E-state index >= 15 is 0 Å². The maximum Gasteiger partial charge on any atom is 0.332 e. The van der Waals surface area contributed by atoms with Crippen LogP contribution in [0.25, 0.3) is 22.6 Å². The molecular formula is C19H26N6O2. The Hall–Kier alpha value is -2.90. The maximum atomic E-state index is 12.8.